The molecule has 0 heterocycles. The van der Waals surface area contributed by atoms with Gasteiger partial charge in [0.1, 0.15) is 0 Å². The van der Waals surface area contributed by atoms with Crippen LogP contribution in [0.15, 0.2) is 45.9 Å². The molecule has 0 N–H and O–H groups in total. The van der Waals surface area contributed by atoms with Gasteiger partial charge >= 0.3 is 134 Å². The molecule has 2 rings (SSSR count). The van der Waals surface area contributed by atoms with Gasteiger partial charge in [0, 0.05) is 0 Å². The van der Waals surface area contributed by atoms with Crippen molar-refractivity contribution in [1.82, 2.24) is 0 Å². The number of hydrogen-bond donors (Lipinski definition) is 0. The molecule has 0 spiro atoms. The van der Waals surface area contributed by atoms with E-state index in [9.17, 15) is 0 Å². The second-order valence-corrected chi connectivity index (χ2v) is 6.76. The third-order valence-corrected chi connectivity index (χ3v) is 4.66. The minimum atomic E-state index is -0.000108. The number of hydrogen-bond acceptors (Lipinski definition) is 1. The zero-order chi connectivity index (χ0) is 14.6. The van der Waals surface area contributed by atoms with Crippen molar-refractivity contribution in [3.05, 3.63) is 51.4 Å². The van der Waals surface area contributed by atoms with Crippen LogP contribution >= 0.6 is 0 Å². The number of para-hydroxylation sites is 1. The topological polar surface area (TPSA) is 9.23 Å². The molecule has 22 heavy (non-hydrogen) atoms. The second kappa shape index (κ2) is 9.83. The standard InChI is InChI=1S/C18H23O.2ClH.Ti/c1-4-5-14-19-17-13-9-8-12-16(17)18(2,3)15-10-6-7-11-15;;;/h6,8-10,12-13H,4-5,7,14H2,1-3H3;2*1H;/q;;;+2/p-2. The van der Waals surface area contributed by atoms with Crippen LogP contribution in [-0.2, 0) is 25.9 Å². The van der Waals surface area contributed by atoms with Crippen molar-refractivity contribution < 1.29 is 50.0 Å². The van der Waals surface area contributed by atoms with Crippen molar-refractivity contribution in [2.24, 2.45) is 0 Å². The summed E-state index contributed by atoms with van der Waals surface area (Å²) in [7, 11) is 0. The van der Waals surface area contributed by atoms with Crippen molar-refractivity contribution >= 4 is 0 Å². The van der Waals surface area contributed by atoms with E-state index in [1.54, 1.807) is 0 Å². The zero-order valence-electron chi connectivity index (χ0n) is 13.5. The van der Waals surface area contributed by atoms with Gasteiger partial charge < -0.3 is 24.8 Å². The number of halogens is 2. The molecule has 119 valence electrons. The molecule has 0 unspecified atom stereocenters. The van der Waals surface area contributed by atoms with Gasteiger partial charge in [0.05, 0.1) is 0 Å². The number of rotatable bonds is 6. The fourth-order valence-corrected chi connectivity index (χ4v) is 3.47. The van der Waals surface area contributed by atoms with Gasteiger partial charge in [-0.1, -0.05) is 0 Å². The van der Waals surface area contributed by atoms with E-state index in [0.717, 1.165) is 25.2 Å². The summed E-state index contributed by atoms with van der Waals surface area (Å²) in [6.45, 7) is 7.58. The van der Waals surface area contributed by atoms with Crippen LogP contribution in [0.5, 0.6) is 5.75 Å². The van der Waals surface area contributed by atoms with Crippen LogP contribution in [0.1, 0.15) is 45.6 Å². The number of benzene rings is 1. The fraction of sp³-hybridized carbons (Fsp3) is 0.444. The molecular formula is C18H23Cl2OTi. The van der Waals surface area contributed by atoms with Crippen molar-refractivity contribution in [2.45, 2.75) is 45.4 Å². The largest absolute Gasteiger partial charge is 1.00 e. The summed E-state index contributed by atoms with van der Waals surface area (Å²) in [5, 5.41) is 0. The summed E-state index contributed by atoms with van der Waals surface area (Å²) in [5.41, 5.74) is 2.72. The third-order valence-electron chi connectivity index (χ3n) is 3.92. The van der Waals surface area contributed by atoms with E-state index in [1.165, 1.54) is 21.4 Å². The molecule has 0 fully saturated rings. The zero-order valence-corrected chi connectivity index (χ0v) is 16.5. The molecule has 0 aromatic heterocycles. The van der Waals surface area contributed by atoms with Crippen molar-refractivity contribution in [3.63, 3.8) is 0 Å². The van der Waals surface area contributed by atoms with Crippen molar-refractivity contribution in [1.29, 1.82) is 0 Å². The van der Waals surface area contributed by atoms with Gasteiger partial charge in [-0.2, -0.15) is 0 Å². The van der Waals surface area contributed by atoms with Crippen LogP contribution in [0.25, 0.3) is 0 Å². The molecular weight excluding hydrogens is 351 g/mol. The Morgan fingerprint density at radius 1 is 1.18 bits per heavy atom. The molecule has 4 heteroatoms. The average molecular weight is 374 g/mol. The van der Waals surface area contributed by atoms with E-state index in [4.69, 9.17) is 4.74 Å². The average Bonchev–Trinajstić information content (AvgIpc) is 2.86. The molecule has 0 atom stereocenters. The Balaban J connectivity index is 0.00000220. The van der Waals surface area contributed by atoms with Crippen LogP contribution in [0, 0.1) is 0 Å². The first kappa shape index (κ1) is 21.8. The summed E-state index contributed by atoms with van der Waals surface area (Å²) in [6.07, 6.45) is 7.89. The van der Waals surface area contributed by atoms with Crippen LogP contribution in [0.2, 0.25) is 0 Å². The van der Waals surface area contributed by atoms with Crippen LogP contribution < -0.4 is 29.6 Å². The summed E-state index contributed by atoms with van der Waals surface area (Å²) in [5.74, 6) is 1.03. The molecule has 0 bridgehead atoms. The van der Waals surface area contributed by atoms with Crippen LogP contribution in [0.3, 0.4) is 0 Å². The molecule has 1 aliphatic rings. The third kappa shape index (κ3) is 4.89. The maximum atomic E-state index is 6.01. The van der Waals surface area contributed by atoms with E-state index in [0.29, 0.717) is 0 Å². The van der Waals surface area contributed by atoms with Crippen LogP contribution in [-0.4, -0.2) is 6.61 Å². The Bertz CT molecular complexity index is 536. The maximum Gasteiger partial charge on any atom is -1.00 e. The van der Waals surface area contributed by atoms with Gasteiger partial charge in [0.25, 0.3) is 0 Å². The SMILES string of the molecule is CCCCOc1ccccc1C(C)(C)C1=[C]([Ti+2])CC=C1.[Cl-].[Cl-]. The van der Waals surface area contributed by atoms with E-state index in [-0.39, 0.29) is 30.2 Å². The molecule has 0 radical (unpaired) electrons. The minimum absolute atomic E-state index is 0. The first-order valence-electron chi connectivity index (χ1n) is 7.41. The summed E-state index contributed by atoms with van der Waals surface area (Å²) < 4.78 is 7.48. The molecule has 0 saturated carbocycles. The summed E-state index contributed by atoms with van der Waals surface area (Å²) in [6, 6.07) is 8.47. The Morgan fingerprint density at radius 2 is 1.86 bits per heavy atom. The monoisotopic (exact) mass is 373 g/mol. The molecule has 1 aromatic rings. The van der Waals surface area contributed by atoms with E-state index >= 15 is 0 Å². The molecule has 0 aliphatic heterocycles. The van der Waals surface area contributed by atoms with E-state index < -0.39 is 0 Å². The first-order valence-corrected chi connectivity index (χ1v) is 8.19. The summed E-state index contributed by atoms with van der Waals surface area (Å²) in [4.78, 5) is 0. The van der Waals surface area contributed by atoms with Gasteiger partial charge in [0.15, 0.2) is 0 Å². The number of allylic oxidation sites excluding steroid dienone is 4. The Labute approximate surface area is 158 Å². The Hall–Kier alpha value is -0.206. The van der Waals surface area contributed by atoms with Crippen molar-refractivity contribution in [2.75, 3.05) is 6.61 Å². The number of ether oxygens (including phenoxy) is 1. The quantitative estimate of drug-likeness (QED) is 0.455. The molecule has 0 amide bonds. The van der Waals surface area contributed by atoms with Gasteiger partial charge in [-0.15, -0.1) is 0 Å². The Morgan fingerprint density at radius 3 is 2.45 bits per heavy atom. The first-order chi connectivity index (χ1) is 9.57. The van der Waals surface area contributed by atoms with Gasteiger partial charge in [0.2, 0.25) is 0 Å². The minimum Gasteiger partial charge on any atom is -1.00 e. The van der Waals surface area contributed by atoms with Gasteiger partial charge in [-0.3, -0.25) is 0 Å². The second-order valence-electron chi connectivity index (χ2n) is 5.82. The molecule has 1 aliphatic carbocycles. The number of unbranched alkanes of at least 4 members (excludes halogenated alkanes) is 1. The van der Waals surface area contributed by atoms with E-state index in [2.05, 4.69) is 77.6 Å². The molecule has 0 saturated heterocycles. The fourth-order valence-electron chi connectivity index (χ4n) is 2.67. The summed E-state index contributed by atoms with van der Waals surface area (Å²) >= 11 is 2.23. The normalized spacial score (nSPS) is 13.7. The predicted molar refractivity (Wildman–Crippen MR) is 80.7 cm³/mol. The Kier molecular flexibility index (Phi) is 9.73. The van der Waals surface area contributed by atoms with Gasteiger partial charge in [-0.05, 0) is 0 Å². The van der Waals surface area contributed by atoms with E-state index in [1.807, 2.05) is 0 Å². The van der Waals surface area contributed by atoms with Crippen LogP contribution in [0.4, 0.5) is 0 Å². The maximum absolute atomic E-state index is 6.01. The van der Waals surface area contributed by atoms with Gasteiger partial charge in [-0.25, -0.2) is 0 Å². The van der Waals surface area contributed by atoms with Crippen molar-refractivity contribution in [3.8, 4) is 5.75 Å². The molecule has 1 nitrogen and oxygen atoms in total. The molecule has 1 aromatic carbocycles. The predicted octanol–water partition coefficient (Wildman–Crippen LogP) is -1.09. The smallest absolute Gasteiger partial charge is 1.00 e.